The van der Waals surface area contributed by atoms with Gasteiger partial charge in [-0.25, -0.2) is 0 Å². The molecule has 0 atom stereocenters. The van der Waals surface area contributed by atoms with Crippen molar-refractivity contribution in [1.29, 1.82) is 0 Å². The molecule has 2 N–H and O–H groups in total. The molecule has 6 heteroatoms. The van der Waals surface area contributed by atoms with E-state index in [0.29, 0.717) is 11.7 Å². The van der Waals surface area contributed by atoms with Crippen molar-refractivity contribution >= 4 is 34.9 Å². The summed E-state index contributed by atoms with van der Waals surface area (Å²) in [5.74, 6) is 0.767. The SMILES string of the molecule is CCOc1ccccc1NC(=S)N/N=C\c1ccc2c(c1)CCCN2CC. The van der Waals surface area contributed by atoms with Crippen LogP contribution in [0.5, 0.6) is 5.75 Å². The molecule has 0 fully saturated rings. The molecule has 0 radical (unpaired) electrons. The van der Waals surface area contributed by atoms with Crippen LogP contribution in [0.4, 0.5) is 11.4 Å². The molecular formula is C21H26N4OS. The normalized spacial score (nSPS) is 13.3. The number of hydrogen-bond donors (Lipinski definition) is 2. The van der Waals surface area contributed by atoms with Crippen LogP contribution in [0.1, 0.15) is 31.4 Å². The topological polar surface area (TPSA) is 48.9 Å². The van der Waals surface area contributed by atoms with Gasteiger partial charge in [-0.2, -0.15) is 5.10 Å². The molecule has 0 saturated heterocycles. The van der Waals surface area contributed by atoms with E-state index in [0.717, 1.165) is 36.5 Å². The van der Waals surface area contributed by atoms with Crippen LogP contribution in [0.2, 0.25) is 0 Å². The highest BCUT2D eigenvalue weighted by atomic mass is 32.1. The van der Waals surface area contributed by atoms with E-state index in [1.165, 1.54) is 17.7 Å². The first-order valence-corrected chi connectivity index (χ1v) is 9.81. The van der Waals surface area contributed by atoms with E-state index < -0.39 is 0 Å². The third-order valence-corrected chi connectivity index (χ3v) is 4.71. The number of thiocarbonyl (C=S) groups is 1. The van der Waals surface area contributed by atoms with Crippen LogP contribution in [0.3, 0.4) is 0 Å². The van der Waals surface area contributed by atoms with Crippen LogP contribution < -0.4 is 20.4 Å². The fourth-order valence-corrected chi connectivity index (χ4v) is 3.43. The van der Waals surface area contributed by atoms with Crippen molar-refractivity contribution < 1.29 is 4.74 Å². The van der Waals surface area contributed by atoms with Crippen molar-refractivity contribution in [2.24, 2.45) is 5.10 Å². The third-order valence-electron chi connectivity index (χ3n) is 4.51. The molecule has 2 aromatic rings. The van der Waals surface area contributed by atoms with Gasteiger partial charge in [-0.1, -0.05) is 18.2 Å². The molecule has 0 bridgehead atoms. The first-order valence-electron chi connectivity index (χ1n) is 9.41. The Kier molecular flexibility index (Phi) is 6.65. The zero-order valence-corrected chi connectivity index (χ0v) is 16.7. The number of aryl methyl sites for hydroxylation is 1. The monoisotopic (exact) mass is 382 g/mol. The summed E-state index contributed by atoms with van der Waals surface area (Å²) in [5.41, 5.74) is 7.49. The van der Waals surface area contributed by atoms with E-state index in [4.69, 9.17) is 17.0 Å². The van der Waals surface area contributed by atoms with Crippen LogP contribution >= 0.6 is 12.2 Å². The van der Waals surface area contributed by atoms with Gasteiger partial charge in [0, 0.05) is 18.8 Å². The van der Waals surface area contributed by atoms with E-state index in [9.17, 15) is 0 Å². The fourth-order valence-electron chi connectivity index (χ4n) is 3.27. The first kappa shape index (κ1) is 19.2. The predicted molar refractivity (Wildman–Crippen MR) is 117 cm³/mol. The maximum atomic E-state index is 5.59. The number of nitrogens with one attached hydrogen (secondary N) is 2. The maximum Gasteiger partial charge on any atom is 0.191 e. The van der Waals surface area contributed by atoms with Gasteiger partial charge in [0.05, 0.1) is 18.5 Å². The standard InChI is InChI=1S/C21H26N4OS/c1-3-25-13-7-8-17-14-16(11-12-19(17)25)15-22-24-21(27)23-18-9-5-6-10-20(18)26-4-2/h5-6,9-12,14-15H,3-4,7-8,13H2,1-2H3,(H2,23,24,27)/b22-15-. The first-order chi connectivity index (χ1) is 13.2. The molecule has 0 amide bonds. The van der Waals surface area contributed by atoms with Crippen molar-refractivity contribution in [2.45, 2.75) is 26.7 Å². The second kappa shape index (κ2) is 9.37. The fraction of sp³-hybridized carbons (Fsp3) is 0.333. The molecule has 0 spiro atoms. The second-order valence-electron chi connectivity index (χ2n) is 6.32. The lowest BCUT2D eigenvalue weighted by atomic mass is 9.99. The summed E-state index contributed by atoms with van der Waals surface area (Å²) in [6.07, 6.45) is 4.12. The quantitative estimate of drug-likeness (QED) is 0.446. The van der Waals surface area contributed by atoms with Gasteiger partial charge >= 0.3 is 0 Å². The number of hydrogen-bond acceptors (Lipinski definition) is 4. The van der Waals surface area contributed by atoms with E-state index in [1.807, 2.05) is 31.2 Å². The van der Waals surface area contributed by atoms with E-state index in [1.54, 1.807) is 6.21 Å². The summed E-state index contributed by atoms with van der Waals surface area (Å²) in [6.45, 7) is 6.94. The van der Waals surface area contributed by atoms with E-state index >= 15 is 0 Å². The Morgan fingerprint density at radius 2 is 2.11 bits per heavy atom. The molecule has 3 rings (SSSR count). The second-order valence-corrected chi connectivity index (χ2v) is 6.73. The van der Waals surface area contributed by atoms with E-state index in [-0.39, 0.29) is 0 Å². The molecule has 0 unspecified atom stereocenters. The van der Waals surface area contributed by atoms with Crippen molar-refractivity contribution in [3.63, 3.8) is 0 Å². The van der Waals surface area contributed by atoms with Gasteiger partial charge in [0.1, 0.15) is 5.75 Å². The molecule has 1 aliphatic rings. The van der Waals surface area contributed by atoms with Crippen molar-refractivity contribution in [3.8, 4) is 5.75 Å². The third kappa shape index (κ3) is 4.98. The van der Waals surface area contributed by atoms with E-state index in [2.05, 4.69) is 45.9 Å². The van der Waals surface area contributed by atoms with Crippen LogP contribution in [0.15, 0.2) is 47.6 Å². The molecule has 1 aliphatic heterocycles. The van der Waals surface area contributed by atoms with Gasteiger partial charge in [0.25, 0.3) is 0 Å². The summed E-state index contributed by atoms with van der Waals surface area (Å²) in [5, 5.41) is 7.81. The number of ether oxygens (including phenoxy) is 1. The summed E-state index contributed by atoms with van der Waals surface area (Å²) < 4.78 is 5.59. The molecule has 5 nitrogen and oxygen atoms in total. The maximum absolute atomic E-state index is 5.59. The highest BCUT2D eigenvalue weighted by Gasteiger charge is 2.15. The Balaban J connectivity index is 1.60. The average Bonchev–Trinajstić information content (AvgIpc) is 2.69. The minimum absolute atomic E-state index is 0.425. The Bertz CT molecular complexity index is 822. The Morgan fingerprint density at radius 3 is 2.93 bits per heavy atom. The lowest BCUT2D eigenvalue weighted by molar-refractivity contribution is 0.342. The molecule has 27 heavy (non-hydrogen) atoms. The van der Waals surface area contributed by atoms with Crippen molar-refractivity contribution in [3.05, 3.63) is 53.6 Å². The minimum atomic E-state index is 0.425. The molecule has 0 aromatic heterocycles. The zero-order chi connectivity index (χ0) is 19.1. The smallest absolute Gasteiger partial charge is 0.191 e. The van der Waals surface area contributed by atoms with Gasteiger partial charge in [0.15, 0.2) is 5.11 Å². The molecule has 0 saturated carbocycles. The van der Waals surface area contributed by atoms with Crippen LogP contribution in [0.25, 0.3) is 0 Å². The lowest BCUT2D eigenvalue weighted by Gasteiger charge is -2.30. The summed E-state index contributed by atoms with van der Waals surface area (Å²) in [7, 11) is 0. The van der Waals surface area contributed by atoms with Gasteiger partial charge in [-0.05, 0) is 74.3 Å². The Labute approximate surface area is 166 Å². The Hall–Kier alpha value is -2.60. The number of rotatable bonds is 6. The van der Waals surface area contributed by atoms with Crippen LogP contribution in [0, 0.1) is 0 Å². The highest BCUT2D eigenvalue weighted by Crippen LogP contribution is 2.27. The summed E-state index contributed by atoms with van der Waals surface area (Å²) in [4.78, 5) is 2.42. The molecule has 2 aromatic carbocycles. The lowest BCUT2D eigenvalue weighted by Crippen LogP contribution is -2.28. The van der Waals surface area contributed by atoms with Crippen molar-refractivity contribution in [1.82, 2.24) is 5.43 Å². The highest BCUT2D eigenvalue weighted by molar-refractivity contribution is 7.80. The molecule has 0 aliphatic carbocycles. The van der Waals surface area contributed by atoms with Gasteiger partial charge in [-0.15, -0.1) is 0 Å². The summed E-state index contributed by atoms with van der Waals surface area (Å²) >= 11 is 5.33. The molecule has 142 valence electrons. The molecule has 1 heterocycles. The number of para-hydroxylation sites is 2. The van der Waals surface area contributed by atoms with Crippen LogP contribution in [-0.2, 0) is 6.42 Å². The summed E-state index contributed by atoms with van der Waals surface area (Å²) in [6, 6.07) is 14.2. The number of hydrazone groups is 1. The molecular weight excluding hydrogens is 356 g/mol. The number of fused-ring (bicyclic) bond motifs is 1. The average molecular weight is 383 g/mol. The minimum Gasteiger partial charge on any atom is -0.492 e. The zero-order valence-electron chi connectivity index (χ0n) is 15.9. The van der Waals surface area contributed by atoms with Gasteiger partial charge < -0.3 is 15.0 Å². The number of nitrogens with zero attached hydrogens (tertiary/aromatic N) is 2. The van der Waals surface area contributed by atoms with Gasteiger partial charge in [0.2, 0.25) is 0 Å². The van der Waals surface area contributed by atoms with Crippen LogP contribution in [-0.4, -0.2) is 31.0 Å². The Morgan fingerprint density at radius 1 is 1.26 bits per heavy atom. The number of anilines is 2. The predicted octanol–water partition coefficient (Wildman–Crippen LogP) is 4.18. The van der Waals surface area contributed by atoms with Crippen molar-refractivity contribution in [2.75, 3.05) is 29.9 Å². The number of benzene rings is 2. The largest absolute Gasteiger partial charge is 0.492 e. The van der Waals surface area contributed by atoms with Gasteiger partial charge in [-0.3, -0.25) is 5.43 Å².